The number of nitriles is 1. The molecule has 1 amide bonds. The van der Waals surface area contributed by atoms with Crippen molar-refractivity contribution in [2.45, 2.75) is 25.4 Å². The molecular formula is C23H22N6O2S. The maximum Gasteiger partial charge on any atom is 0.237 e. The lowest BCUT2D eigenvalue weighted by molar-refractivity contribution is -0.116. The van der Waals surface area contributed by atoms with Crippen molar-refractivity contribution in [1.29, 1.82) is 5.26 Å². The molecule has 0 saturated carbocycles. The smallest absolute Gasteiger partial charge is 0.237 e. The predicted octanol–water partition coefficient (Wildman–Crippen LogP) is 4.02. The molecule has 32 heavy (non-hydrogen) atoms. The fourth-order valence-corrected chi connectivity index (χ4v) is 4.20. The van der Waals surface area contributed by atoms with Crippen LogP contribution in [0.1, 0.15) is 19.2 Å². The summed E-state index contributed by atoms with van der Waals surface area (Å²) in [5.41, 5.74) is 2.24. The SMILES string of the molecule is CCOc1ccc(N(CCC#N)C(=O)CSc2nc3ccccc3c3nc(C)nn23)cc1. The predicted molar refractivity (Wildman–Crippen MR) is 124 cm³/mol. The number of thioether (sulfide) groups is 1. The van der Waals surface area contributed by atoms with Gasteiger partial charge in [-0.25, -0.2) is 9.97 Å². The highest BCUT2D eigenvalue weighted by Gasteiger charge is 2.19. The molecule has 2 aromatic carbocycles. The van der Waals surface area contributed by atoms with E-state index in [2.05, 4.69) is 16.2 Å². The van der Waals surface area contributed by atoms with Crippen molar-refractivity contribution in [2.24, 2.45) is 0 Å². The molecule has 0 spiro atoms. The van der Waals surface area contributed by atoms with Gasteiger partial charge in [0.05, 0.1) is 30.4 Å². The van der Waals surface area contributed by atoms with E-state index < -0.39 is 0 Å². The standard InChI is InChI=1S/C23H22N6O2S/c1-3-31-18-11-9-17(10-12-18)28(14-6-13-24)21(30)15-32-23-26-20-8-5-4-7-19(20)22-25-16(2)27-29(22)23/h4-5,7-12H,3,6,14-15H2,1-2H3. The molecule has 8 nitrogen and oxygen atoms in total. The van der Waals surface area contributed by atoms with Crippen molar-refractivity contribution in [1.82, 2.24) is 19.6 Å². The van der Waals surface area contributed by atoms with Gasteiger partial charge in [-0.1, -0.05) is 23.9 Å². The van der Waals surface area contributed by atoms with Crippen LogP contribution in [-0.4, -0.2) is 44.4 Å². The number of aryl methyl sites for hydroxylation is 1. The van der Waals surface area contributed by atoms with Gasteiger partial charge in [0.15, 0.2) is 10.8 Å². The van der Waals surface area contributed by atoms with Crippen LogP contribution in [-0.2, 0) is 4.79 Å². The van der Waals surface area contributed by atoms with Gasteiger partial charge in [-0.2, -0.15) is 9.78 Å². The van der Waals surface area contributed by atoms with Crippen LogP contribution in [0.3, 0.4) is 0 Å². The normalized spacial score (nSPS) is 10.9. The van der Waals surface area contributed by atoms with Gasteiger partial charge in [-0.3, -0.25) is 4.79 Å². The average molecular weight is 447 g/mol. The molecule has 0 atom stereocenters. The number of benzene rings is 2. The molecule has 0 fully saturated rings. The molecule has 0 saturated heterocycles. The Hall–Kier alpha value is -3.64. The molecule has 2 heterocycles. The minimum Gasteiger partial charge on any atom is -0.494 e. The van der Waals surface area contributed by atoms with Crippen molar-refractivity contribution < 1.29 is 9.53 Å². The van der Waals surface area contributed by atoms with Crippen LogP contribution in [0.5, 0.6) is 5.75 Å². The first-order valence-electron chi connectivity index (χ1n) is 10.3. The number of hydrogen-bond donors (Lipinski definition) is 0. The van der Waals surface area contributed by atoms with Gasteiger partial charge in [-0.05, 0) is 50.2 Å². The number of anilines is 1. The number of carbonyl (C=O) groups is 1. The lowest BCUT2D eigenvalue weighted by Gasteiger charge is -2.22. The van der Waals surface area contributed by atoms with Crippen LogP contribution in [0, 0.1) is 18.3 Å². The third-order valence-corrected chi connectivity index (χ3v) is 5.70. The second-order valence-corrected chi connectivity index (χ2v) is 7.92. The van der Waals surface area contributed by atoms with Crippen LogP contribution in [0.2, 0.25) is 0 Å². The molecule has 0 radical (unpaired) electrons. The van der Waals surface area contributed by atoms with Gasteiger partial charge in [0.1, 0.15) is 11.6 Å². The first-order valence-corrected chi connectivity index (χ1v) is 11.2. The summed E-state index contributed by atoms with van der Waals surface area (Å²) < 4.78 is 7.17. The van der Waals surface area contributed by atoms with E-state index in [1.54, 1.807) is 9.42 Å². The quantitative estimate of drug-likeness (QED) is 0.298. The minimum absolute atomic E-state index is 0.116. The number of ether oxygens (including phenoxy) is 1. The number of hydrogen-bond acceptors (Lipinski definition) is 7. The number of aromatic nitrogens is 4. The summed E-state index contributed by atoms with van der Waals surface area (Å²) in [5.74, 6) is 1.41. The summed E-state index contributed by atoms with van der Waals surface area (Å²) in [4.78, 5) is 24.0. The Balaban J connectivity index is 1.58. The summed E-state index contributed by atoms with van der Waals surface area (Å²) in [6.45, 7) is 4.63. The molecule has 0 unspecified atom stereocenters. The zero-order valence-electron chi connectivity index (χ0n) is 17.9. The van der Waals surface area contributed by atoms with E-state index >= 15 is 0 Å². The Morgan fingerprint density at radius 1 is 1.19 bits per heavy atom. The summed E-state index contributed by atoms with van der Waals surface area (Å²) in [6, 6.07) is 17.2. The minimum atomic E-state index is -0.116. The Bertz CT molecular complexity index is 1300. The Labute approximate surface area is 189 Å². The Morgan fingerprint density at radius 3 is 2.72 bits per heavy atom. The molecule has 0 aliphatic carbocycles. The number of amides is 1. The molecule has 0 bridgehead atoms. The van der Waals surface area contributed by atoms with Crippen LogP contribution < -0.4 is 9.64 Å². The summed E-state index contributed by atoms with van der Waals surface area (Å²) in [7, 11) is 0. The highest BCUT2D eigenvalue weighted by molar-refractivity contribution is 7.99. The second-order valence-electron chi connectivity index (χ2n) is 6.98. The van der Waals surface area contributed by atoms with Crippen molar-refractivity contribution in [3.8, 4) is 11.8 Å². The monoisotopic (exact) mass is 446 g/mol. The summed E-state index contributed by atoms with van der Waals surface area (Å²) in [5, 5.41) is 15.0. The van der Waals surface area contributed by atoms with E-state index in [1.807, 2.05) is 62.4 Å². The van der Waals surface area contributed by atoms with Crippen molar-refractivity contribution >= 4 is 39.9 Å². The van der Waals surface area contributed by atoms with Gasteiger partial charge < -0.3 is 9.64 Å². The molecule has 0 aliphatic heterocycles. The summed E-state index contributed by atoms with van der Waals surface area (Å²) in [6.07, 6.45) is 0.240. The first-order chi connectivity index (χ1) is 15.6. The maximum atomic E-state index is 13.1. The lowest BCUT2D eigenvalue weighted by atomic mass is 10.2. The average Bonchev–Trinajstić information content (AvgIpc) is 3.21. The lowest BCUT2D eigenvalue weighted by Crippen LogP contribution is -2.33. The van der Waals surface area contributed by atoms with Crippen LogP contribution in [0.15, 0.2) is 53.7 Å². The number of nitrogens with zero attached hydrogens (tertiary/aromatic N) is 6. The van der Waals surface area contributed by atoms with E-state index in [-0.39, 0.29) is 18.1 Å². The van der Waals surface area contributed by atoms with Gasteiger partial charge in [0, 0.05) is 17.6 Å². The van der Waals surface area contributed by atoms with Crippen LogP contribution in [0.25, 0.3) is 16.6 Å². The number of carbonyl (C=O) groups excluding carboxylic acids is 1. The highest BCUT2D eigenvalue weighted by Crippen LogP contribution is 2.25. The highest BCUT2D eigenvalue weighted by atomic mass is 32.2. The van der Waals surface area contributed by atoms with Gasteiger partial charge in [-0.15, -0.1) is 5.10 Å². The Morgan fingerprint density at radius 2 is 1.97 bits per heavy atom. The van der Waals surface area contributed by atoms with E-state index in [4.69, 9.17) is 15.0 Å². The molecule has 0 aliphatic rings. The number of para-hydroxylation sites is 1. The van der Waals surface area contributed by atoms with Gasteiger partial charge in [0.25, 0.3) is 0 Å². The molecule has 9 heteroatoms. The topological polar surface area (TPSA) is 96.4 Å². The first kappa shape index (κ1) is 21.6. The summed E-state index contributed by atoms with van der Waals surface area (Å²) >= 11 is 1.30. The van der Waals surface area contributed by atoms with E-state index in [9.17, 15) is 4.79 Å². The molecule has 2 aromatic heterocycles. The largest absolute Gasteiger partial charge is 0.494 e. The van der Waals surface area contributed by atoms with Gasteiger partial charge in [0.2, 0.25) is 5.91 Å². The van der Waals surface area contributed by atoms with Crippen molar-refractivity contribution in [2.75, 3.05) is 23.8 Å². The second kappa shape index (κ2) is 9.66. The molecular weight excluding hydrogens is 424 g/mol. The van der Waals surface area contributed by atoms with Crippen LogP contribution in [0.4, 0.5) is 5.69 Å². The molecule has 0 N–H and O–H groups in total. The van der Waals surface area contributed by atoms with Gasteiger partial charge >= 0.3 is 0 Å². The maximum absolute atomic E-state index is 13.1. The third-order valence-electron chi connectivity index (χ3n) is 4.79. The van der Waals surface area contributed by atoms with Crippen LogP contribution >= 0.6 is 11.8 Å². The van der Waals surface area contributed by atoms with E-state index in [0.717, 1.165) is 28.0 Å². The molecule has 4 rings (SSSR count). The molecule has 4 aromatic rings. The third kappa shape index (κ3) is 4.50. The van der Waals surface area contributed by atoms with Crippen molar-refractivity contribution in [3.05, 3.63) is 54.4 Å². The fraction of sp³-hybridized carbons (Fsp3) is 0.261. The van der Waals surface area contributed by atoms with Crippen molar-refractivity contribution in [3.63, 3.8) is 0 Å². The number of fused-ring (bicyclic) bond motifs is 3. The van der Waals surface area contributed by atoms with E-state index in [0.29, 0.717) is 24.1 Å². The zero-order valence-corrected chi connectivity index (χ0v) is 18.7. The zero-order chi connectivity index (χ0) is 22.5. The Kier molecular flexibility index (Phi) is 6.52. The fourth-order valence-electron chi connectivity index (χ4n) is 3.38. The van der Waals surface area contributed by atoms with E-state index in [1.165, 1.54) is 11.8 Å². The number of rotatable bonds is 8. The molecule has 162 valence electrons.